The average Bonchev–Trinajstić information content (AvgIpc) is 2.37. The standard InChI is InChI=1S/C7H10N2O3/c1-6(2)11-7(10)12-9-5-3-4-8-9/h3-6H,1-2H3. The monoisotopic (exact) mass is 170 g/mol. The first-order valence-corrected chi connectivity index (χ1v) is 3.57. The van der Waals surface area contributed by atoms with E-state index in [9.17, 15) is 4.79 Å². The van der Waals surface area contributed by atoms with Gasteiger partial charge in [0.05, 0.1) is 18.5 Å². The number of hydrogen-bond donors (Lipinski definition) is 0. The summed E-state index contributed by atoms with van der Waals surface area (Å²) in [6.07, 6.45) is 2.06. The quantitative estimate of drug-likeness (QED) is 0.617. The predicted molar refractivity (Wildman–Crippen MR) is 40.4 cm³/mol. The van der Waals surface area contributed by atoms with Crippen LogP contribution < -0.4 is 4.84 Å². The summed E-state index contributed by atoms with van der Waals surface area (Å²) in [5.74, 6) is 0. The Bertz CT molecular complexity index is 243. The Morgan fingerprint density at radius 2 is 2.33 bits per heavy atom. The maximum Gasteiger partial charge on any atom is 0.535 e. The second-order valence-electron chi connectivity index (χ2n) is 2.42. The number of aromatic nitrogens is 2. The highest BCUT2D eigenvalue weighted by atomic mass is 16.8. The van der Waals surface area contributed by atoms with Crippen LogP contribution in [0.2, 0.25) is 0 Å². The lowest BCUT2D eigenvalue weighted by Gasteiger charge is -2.06. The largest absolute Gasteiger partial charge is 0.535 e. The molecule has 1 heterocycles. The Morgan fingerprint density at radius 1 is 1.58 bits per heavy atom. The van der Waals surface area contributed by atoms with Crippen LogP contribution in [0, 0.1) is 0 Å². The van der Waals surface area contributed by atoms with Crippen molar-refractivity contribution in [2.75, 3.05) is 0 Å². The SMILES string of the molecule is CC(C)OC(=O)On1cccn1. The number of carbonyl (C=O) groups is 1. The highest BCUT2D eigenvalue weighted by Gasteiger charge is 2.07. The van der Waals surface area contributed by atoms with Crippen LogP contribution in [0.1, 0.15) is 13.8 Å². The van der Waals surface area contributed by atoms with Crippen molar-refractivity contribution in [1.29, 1.82) is 0 Å². The second kappa shape index (κ2) is 3.75. The van der Waals surface area contributed by atoms with Gasteiger partial charge in [0.2, 0.25) is 0 Å². The molecule has 0 spiro atoms. The first-order chi connectivity index (χ1) is 5.68. The average molecular weight is 170 g/mol. The Kier molecular flexibility index (Phi) is 2.68. The van der Waals surface area contributed by atoms with Gasteiger partial charge in [-0.2, -0.15) is 0 Å². The summed E-state index contributed by atoms with van der Waals surface area (Å²) in [5.41, 5.74) is 0. The summed E-state index contributed by atoms with van der Waals surface area (Å²) in [6, 6.07) is 1.64. The van der Waals surface area contributed by atoms with Crippen molar-refractivity contribution in [3.05, 3.63) is 18.5 Å². The van der Waals surface area contributed by atoms with E-state index in [1.807, 2.05) is 0 Å². The topological polar surface area (TPSA) is 53.4 Å². The van der Waals surface area contributed by atoms with Crippen molar-refractivity contribution in [1.82, 2.24) is 9.94 Å². The molecule has 0 saturated carbocycles. The molecule has 0 radical (unpaired) electrons. The van der Waals surface area contributed by atoms with E-state index in [0.717, 1.165) is 4.85 Å². The zero-order chi connectivity index (χ0) is 8.97. The Hall–Kier alpha value is -1.52. The minimum atomic E-state index is -0.756. The minimum Gasteiger partial charge on any atom is -0.430 e. The van der Waals surface area contributed by atoms with E-state index in [1.54, 1.807) is 19.9 Å². The van der Waals surface area contributed by atoms with Crippen molar-refractivity contribution < 1.29 is 14.4 Å². The van der Waals surface area contributed by atoms with Crippen LogP contribution in [-0.2, 0) is 4.74 Å². The lowest BCUT2D eigenvalue weighted by molar-refractivity contribution is 0.0195. The smallest absolute Gasteiger partial charge is 0.430 e. The maximum absolute atomic E-state index is 10.8. The van der Waals surface area contributed by atoms with E-state index in [4.69, 9.17) is 4.74 Å². The van der Waals surface area contributed by atoms with E-state index in [-0.39, 0.29) is 6.10 Å². The summed E-state index contributed by atoms with van der Waals surface area (Å²) in [6.45, 7) is 3.48. The Morgan fingerprint density at radius 3 is 2.83 bits per heavy atom. The Labute approximate surface area is 69.8 Å². The molecule has 0 fully saturated rings. The van der Waals surface area contributed by atoms with Gasteiger partial charge in [-0.3, -0.25) is 4.84 Å². The van der Waals surface area contributed by atoms with Crippen LogP contribution in [0.4, 0.5) is 4.79 Å². The summed E-state index contributed by atoms with van der Waals surface area (Å²) in [7, 11) is 0. The fourth-order valence-corrected chi connectivity index (χ4v) is 0.599. The van der Waals surface area contributed by atoms with Crippen molar-refractivity contribution in [3.8, 4) is 0 Å². The van der Waals surface area contributed by atoms with Crippen molar-refractivity contribution in [3.63, 3.8) is 0 Å². The van der Waals surface area contributed by atoms with Gasteiger partial charge in [0, 0.05) is 0 Å². The van der Waals surface area contributed by atoms with Gasteiger partial charge in [0.25, 0.3) is 0 Å². The summed E-state index contributed by atoms with van der Waals surface area (Å²) < 4.78 is 4.70. The third kappa shape index (κ3) is 2.61. The minimum absolute atomic E-state index is 0.187. The van der Waals surface area contributed by atoms with E-state index >= 15 is 0 Å². The second-order valence-corrected chi connectivity index (χ2v) is 2.42. The molecule has 0 N–H and O–H groups in total. The number of ether oxygens (including phenoxy) is 1. The van der Waals surface area contributed by atoms with Crippen LogP contribution in [0.5, 0.6) is 0 Å². The predicted octanol–water partition coefficient (Wildman–Crippen LogP) is 0.857. The molecule has 0 aliphatic heterocycles. The fourth-order valence-electron chi connectivity index (χ4n) is 0.599. The highest BCUT2D eigenvalue weighted by Crippen LogP contribution is 1.90. The molecular weight excluding hydrogens is 160 g/mol. The Balaban J connectivity index is 2.37. The molecule has 0 aliphatic carbocycles. The molecule has 1 aromatic rings. The lowest BCUT2D eigenvalue weighted by atomic mass is 10.5. The van der Waals surface area contributed by atoms with Gasteiger partial charge in [-0.15, -0.1) is 5.10 Å². The zero-order valence-electron chi connectivity index (χ0n) is 6.93. The molecule has 0 aliphatic rings. The van der Waals surface area contributed by atoms with Gasteiger partial charge >= 0.3 is 6.16 Å². The van der Waals surface area contributed by atoms with Crippen LogP contribution in [0.25, 0.3) is 0 Å². The van der Waals surface area contributed by atoms with Gasteiger partial charge in [0.1, 0.15) is 0 Å². The molecule has 0 aromatic carbocycles. The molecule has 1 aromatic heterocycles. The number of nitrogens with zero attached hydrogens (tertiary/aromatic N) is 2. The van der Waals surface area contributed by atoms with Gasteiger partial charge in [-0.1, -0.05) is 4.85 Å². The lowest BCUT2D eigenvalue weighted by Crippen LogP contribution is -2.23. The van der Waals surface area contributed by atoms with Gasteiger partial charge in [-0.05, 0) is 19.9 Å². The van der Waals surface area contributed by atoms with E-state index in [2.05, 4.69) is 9.94 Å². The molecular formula is C7H10N2O3. The van der Waals surface area contributed by atoms with E-state index in [0.29, 0.717) is 0 Å². The normalized spacial score (nSPS) is 9.92. The fraction of sp³-hybridized carbons (Fsp3) is 0.429. The maximum atomic E-state index is 10.8. The van der Waals surface area contributed by atoms with Crippen molar-refractivity contribution >= 4 is 6.16 Å². The van der Waals surface area contributed by atoms with Crippen molar-refractivity contribution in [2.45, 2.75) is 20.0 Å². The van der Waals surface area contributed by atoms with Gasteiger partial charge in [0.15, 0.2) is 0 Å². The number of hydrogen-bond acceptors (Lipinski definition) is 4. The van der Waals surface area contributed by atoms with Crippen LogP contribution in [-0.4, -0.2) is 22.2 Å². The first kappa shape index (κ1) is 8.58. The van der Waals surface area contributed by atoms with Crippen LogP contribution in [0.3, 0.4) is 0 Å². The number of carbonyl (C=O) groups excluding carboxylic acids is 1. The van der Waals surface area contributed by atoms with E-state index < -0.39 is 6.16 Å². The first-order valence-electron chi connectivity index (χ1n) is 3.57. The molecule has 0 amide bonds. The molecule has 0 saturated heterocycles. The molecule has 66 valence electrons. The molecule has 12 heavy (non-hydrogen) atoms. The zero-order valence-corrected chi connectivity index (χ0v) is 6.93. The molecule has 0 bridgehead atoms. The van der Waals surface area contributed by atoms with Crippen molar-refractivity contribution in [2.24, 2.45) is 0 Å². The summed E-state index contributed by atoms with van der Waals surface area (Å²) >= 11 is 0. The third-order valence-corrected chi connectivity index (χ3v) is 0.980. The summed E-state index contributed by atoms with van der Waals surface area (Å²) in [5, 5.41) is 3.66. The highest BCUT2D eigenvalue weighted by molar-refractivity contribution is 5.60. The number of rotatable bonds is 2. The summed E-state index contributed by atoms with van der Waals surface area (Å²) in [4.78, 5) is 16.5. The molecule has 5 heteroatoms. The molecule has 5 nitrogen and oxygen atoms in total. The molecule has 0 atom stereocenters. The van der Waals surface area contributed by atoms with Gasteiger partial charge in [-0.25, -0.2) is 4.79 Å². The van der Waals surface area contributed by atoms with Crippen LogP contribution in [0.15, 0.2) is 18.5 Å². The van der Waals surface area contributed by atoms with Crippen LogP contribution >= 0.6 is 0 Å². The van der Waals surface area contributed by atoms with Gasteiger partial charge < -0.3 is 4.74 Å². The van der Waals surface area contributed by atoms with E-state index in [1.165, 1.54) is 12.4 Å². The third-order valence-electron chi connectivity index (χ3n) is 0.980. The molecule has 0 unspecified atom stereocenters. The molecule has 1 rings (SSSR count).